The summed E-state index contributed by atoms with van der Waals surface area (Å²) in [6.07, 6.45) is 0. The molecule has 48 valence electrons. The van der Waals surface area contributed by atoms with Crippen molar-refractivity contribution in [3.05, 3.63) is 29.8 Å². The fourth-order valence-corrected chi connectivity index (χ4v) is 0.666. The Hall–Kier alpha value is -1.69. The summed E-state index contributed by atoms with van der Waals surface area (Å²) < 4.78 is 0. The van der Waals surface area contributed by atoms with Crippen molar-refractivity contribution in [2.45, 2.75) is 0 Å². The summed E-state index contributed by atoms with van der Waals surface area (Å²) >= 11 is 0. The fourth-order valence-electron chi connectivity index (χ4n) is 0.666. The van der Waals surface area contributed by atoms with Gasteiger partial charge in [-0.15, -0.1) is 0 Å². The van der Waals surface area contributed by atoms with E-state index < -0.39 is 0 Å². The van der Waals surface area contributed by atoms with E-state index in [1.165, 1.54) is 0 Å². The van der Waals surface area contributed by atoms with Crippen molar-refractivity contribution in [1.82, 2.24) is 0 Å². The zero-order valence-electron chi connectivity index (χ0n) is 5.20. The largest absolute Gasteiger partial charge is 0.204 e. The van der Waals surface area contributed by atoms with Crippen LogP contribution in [0.4, 0.5) is 5.69 Å². The highest BCUT2D eigenvalue weighted by atomic mass is 15.0. The quantitative estimate of drug-likeness (QED) is 0.583. The molecule has 0 saturated carbocycles. The second-order valence-corrected chi connectivity index (χ2v) is 1.74. The first-order chi connectivity index (χ1) is 4.88. The molecule has 0 heterocycles. The molecule has 0 atom stereocenters. The molecule has 1 rings (SSSR count). The van der Waals surface area contributed by atoms with Gasteiger partial charge in [0.15, 0.2) is 0 Å². The number of para-hydroxylation sites is 1. The average Bonchev–Trinajstić information content (AvgIpc) is 2.04. The van der Waals surface area contributed by atoms with Gasteiger partial charge in [0, 0.05) is 0 Å². The van der Waals surface area contributed by atoms with Crippen LogP contribution < -0.4 is 0 Å². The minimum absolute atomic E-state index is 0.421. The molecular weight excluding hydrogens is 126 g/mol. The lowest BCUT2D eigenvalue weighted by atomic mass is 10.2. The lowest BCUT2D eigenvalue weighted by molar-refractivity contribution is 1.14. The van der Waals surface area contributed by atoms with E-state index in [2.05, 4.69) is 5.11 Å². The van der Waals surface area contributed by atoms with Crippen molar-refractivity contribution in [3.63, 3.8) is 0 Å². The molecule has 0 fully saturated rings. The van der Waals surface area contributed by atoms with Gasteiger partial charge in [-0.2, -0.15) is 10.4 Å². The molecule has 1 aromatic carbocycles. The molecule has 10 heavy (non-hydrogen) atoms. The molecule has 0 aliphatic rings. The molecule has 0 amide bonds. The summed E-state index contributed by atoms with van der Waals surface area (Å²) in [5, 5.41) is 11.6. The van der Waals surface area contributed by atoms with E-state index >= 15 is 0 Å². The van der Waals surface area contributed by atoms with Gasteiger partial charge in [-0.25, -0.2) is 5.53 Å². The van der Waals surface area contributed by atoms with Crippen molar-refractivity contribution in [2.75, 3.05) is 0 Å². The van der Waals surface area contributed by atoms with Gasteiger partial charge in [0.25, 0.3) is 0 Å². The van der Waals surface area contributed by atoms with Crippen LogP contribution in [-0.2, 0) is 0 Å². The second-order valence-electron chi connectivity index (χ2n) is 1.74. The van der Waals surface area contributed by atoms with Crippen LogP contribution in [0.3, 0.4) is 0 Å². The maximum Gasteiger partial charge on any atom is 0.103 e. The molecule has 0 spiro atoms. The van der Waals surface area contributed by atoms with E-state index in [-0.39, 0.29) is 0 Å². The molecule has 0 aliphatic carbocycles. The highest BCUT2D eigenvalue weighted by Crippen LogP contribution is 2.15. The number of benzene rings is 1. The summed E-state index contributed by atoms with van der Waals surface area (Å²) in [7, 11) is 0. The van der Waals surface area contributed by atoms with Crippen molar-refractivity contribution in [1.29, 1.82) is 10.8 Å². The Labute approximate surface area is 58.4 Å². The Morgan fingerprint density at radius 1 is 1.40 bits per heavy atom. The standard InChI is InChI=1S/C7H5N3/c8-5-6-3-1-2-4-7(6)10-9/h1-4,9H. The zero-order valence-corrected chi connectivity index (χ0v) is 5.20. The SMILES string of the molecule is N#Cc1ccccc1N=N. The van der Waals surface area contributed by atoms with Gasteiger partial charge in [0.2, 0.25) is 0 Å². The second kappa shape index (κ2) is 2.74. The monoisotopic (exact) mass is 131 g/mol. The highest BCUT2D eigenvalue weighted by Gasteiger charge is 1.95. The van der Waals surface area contributed by atoms with Crippen LogP contribution in [0.15, 0.2) is 29.4 Å². The minimum Gasteiger partial charge on any atom is -0.204 e. The maximum atomic E-state index is 8.46. The van der Waals surface area contributed by atoms with Crippen LogP contribution in [0.5, 0.6) is 0 Å². The topological polar surface area (TPSA) is 60.0 Å². The molecule has 3 nitrogen and oxygen atoms in total. The lowest BCUT2D eigenvalue weighted by Crippen LogP contribution is -1.71. The molecule has 1 aromatic rings. The first-order valence-electron chi connectivity index (χ1n) is 2.75. The van der Waals surface area contributed by atoms with Gasteiger partial charge in [0.1, 0.15) is 11.8 Å². The fraction of sp³-hybridized carbons (Fsp3) is 0. The Morgan fingerprint density at radius 2 is 2.10 bits per heavy atom. The number of hydrogen-bond donors (Lipinski definition) is 1. The average molecular weight is 131 g/mol. The first-order valence-corrected chi connectivity index (χ1v) is 2.75. The summed E-state index contributed by atoms with van der Waals surface area (Å²) in [5.41, 5.74) is 7.53. The molecule has 0 aromatic heterocycles. The van der Waals surface area contributed by atoms with Gasteiger partial charge in [-0.05, 0) is 12.1 Å². The number of hydrogen-bond acceptors (Lipinski definition) is 3. The molecular formula is C7H5N3. The van der Waals surface area contributed by atoms with Crippen LogP contribution in [0.2, 0.25) is 0 Å². The Morgan fingerprint density at radius 3 is 2.60 bits per heavy atom. The highest BCUT2D eigenvalue weighted by molar-refractivity contribution is 5.51. The molecule has 0 saturated heterocycles. The predicted octanol–water partition coefficient (Wildman–Crippen LogP) is 2.22. The van der Waals surface area contributed by atoms with Crippen LogP contribution in [0, 0.1) is 16.9 Å². The Bertz CT molecular complexity index is 285. The van der Waals surface area contributed by atoms with E-state index in [9.17, 15) is 0 Å². The van der Waals surface area contributed by atoms with Crippen molar-refractivity contribution in [3.8, 4) is 6.07 Å². The lowest BCUT2D eigenvalue weighted by Gasteiger charge is -1.90. The van der Waals surface area contributed by atoms with Crippen LogP contribution in [0.1, 0.15) is 5.56 Å². The summed E-state index contributed by atoms with van der Waals surface area (Å²) in [5.74, 6) is 0. The number of rotatable bonds is 1. The molecule has 0 aliphatic heterocycles. The number of nitriles is 1. The van der Waals surface area contributed by atoms with Crippen molar-refractivity contribution in [2.24, 2.45) is 5.11 Å². The number of nitrogens with one attached hydrogen (secondary N) is 1. The summed E-state index contributed by atoms with van der Waals surface area (Å²) in [6, 6.07) is 8.68. The Balaban J connectivity index is 3.24. The summed E-state index contributed by atoms with van der Waals surface area (Å²) in [6.45, 7) is 0. The van der Waals surface area contributed by atoms with Crippen LogP contribution >= 0.6 is 0 Å². The first kappa shape index (κ1) is 6.43. The molecule has 1 N–H and O–H groups in total. The minimum atomic E-state index is 0.421. The van der Waals surface area contributed by atoms with E-state index in [1.807, 2.05) is 6.07 Å². The predicted molar refractivity (Wildman–Crippen MR) is 36.0 cm³/mol. The third kappa shape index (κ3) is 1.00. The van der Waals surface area contributed by atoms with Crippen LogP contribution in [0.25, 0.3) is 0 Å². The molecule has 3 heteroatoms. The molecule has 0 unspecified atom stereocenters. The molecule has 0 bridgehead atoms. The van der Waals surface area contributed by atoms with Crippen LogP contribution in [-0.4, -0.2) is 0 Å². The van der Waals surface area contributed by atoms with Gasteiger partial charge >= 0.3 is 0 Å². The van der Waals surface area contributed by atoms with Crippen molar-refractivity contribution < 1.29 is 0 Å². The van der Waals surface area contributed by atoms with E-state index in [0.717, 1.165) is 0 Å². The third-order valence-electron chi connectivity index (χ3n) is 1.14. The van der Waals surface area contributed by atoms with E-state index in [1.54, 1.807) is 24.3 Å². The summed E-state index contributed by atoms with van der Waals surface area (Å²) in [4.78, 5) is 0. The smallest absolute Gasteiger partial charge is 0.103 e. The zero-order chi connectivity index (χ0) is 7.40. The van der Waals surface area contributed by atoms with Gasteiger partial charge in [0.05, 0.1) is 5.56 Å². The van der Waals surface area contributed by atoms with Crippen molar-refractivity contribution >= 4 is 5.69 Å². The van der Waals surface area contributed by atoms with E-state index in [0.29, 0.717) is 11.3 Å². The van der Waals surface area contributed by atoms with E-state index in [4.69, 9.17) is 10.8 Å². The number of nitrogens with zero attached hydrogens (tertiary/aromatic N) is 2. The Kier molecular flexibility index (Phi) is 1.76. The van der Waals surface area contributed by atoms with Gasteiger partial charge in [-0.3, -0.25) is 0 Å². The third-order valence-corrected chi connectivity index (χ3v) is 1.14. The molecule has 0 radical (unpaired) electrons. The van der Waals surface area contributed by atoms with Gasteiger partial charge in [-0.1, -0.05) is 12.1 Å². The maximum absolute atomic E-state index is 8.46. The van der Waals surface area contributed by atoms with Gasteiger partial charge < -0.3 is 0 Å². The normalized spacial score (nSPS) is 8.30.